The maximum absolute atomic E-state index is 11.1. The third-order valence-electron chi connectivity index (χ3n) is 2.03. The quantitative estimate of drug-likeness (QED) is 0.412. The number of carbonyl (C=O) groups excluding carboxylic acids is 1. The highest BCUT2D eigenvalue weighted by Gasteiger charge is 2.00. The number of hydrogen-bond acceptors (Lipinski definition) is 1. The second kappa shape index (κ2) is 8.03. The zero-order chi connectivity index (χ0) is 10.1. The normalized spacial score (nSPS) is 10.0. The van der Waals surface area contributed by atoms with E-state index in [1.165, 1.54) is 12.8 Å². The fourth-order valence-corrected chi connectivity index (χ4v) is 1.14. The number of ketones is 1. The Hall–Kier alpha value is -0.590. The van der Waals surface area contributed by atoms with E-state index in [-0.39, 0.29) is 5.78 Å². The molecule has 0 fully saturated rings. The van der Waals surface area contributed by atoms with Crippen molar-refractivity contribution in [2.75, 3.05) is 0 Å². The lowest BCUT2D eigenvalue weighted by molar-refractivity contribution is -0.115. The summed E-state index contributed by atoms with van der Waals surface area (Å²) in [5.74, 6) is 0.218. The van der Waals surface area contributed by atoms with Crippen LogP contribution in [0.4, 0.5) is 0 Å². The van der Waals surface area contributed by atoms with E-state index in [1.807, 2.05) is 0 Å². The highest BCUT2D eigenvalue weighted by atomic mass is 16.1. The summed E-state index contributed by atoms with van der Waals surface area (Å²) in [5.41, 5.74) is 0.692. The molecule has 1 heteroatoms. The van der Waals surface area contributed by atoms with E-state index < -0.39 is 0 Å². The van der Waals surface area contributed by atoms with Crippen LogP contribution in [0.1, 0.15) is 52.4 Å². The Morgan fingerprint density at radius 1 is 1.31 bits per heavy atom. The molecular formula is C12H21O. The summed E-state index contributed by atoms with van der Waals surface area (Å²) in [6.45, 7) is 7.59. The first-order chi connectivity index (χ1) is 6.18. The van der Waals surface area contributed by atoms with Crippen LogP contribution in [0.5, 0.6) is 0 Å². The van der Waals surface area contributed by atoms with Crippen molar-refractivity contribution in [3.8, 4) is 0 Å². The molecule has 0 aromatic rings. The molecule has 0 aliphatic carbocycles. The molecule has 0 unspecified atom stereocenters. The van der Waals surface area contributed by atoms with Gasteiger partial charge in [-0.3, -0.25) is 4.79 Å². The molecule has 0 aromatic carbocycles. The number of allylic oxidation sites excluding steroid dienone is 1. The fourth-order valence-electron chi connectivity index (χ4n) is 1.14. The lowest BCUT2D eigenvalue weighted by atomic mass is 10.1. The SMILES string of the molecule is C=C(C)C(=O)CCCC[CH]CCC. The Balaban J connectivity index is 3.16. The first-order valence-electron chi connectivity index (χ1n) is 5.18. The number of carbonyl (C=O) groups is 1. The third-order valence-corrected chi connectivity index (χ3v) is 2.03. The topological polar surface area (TPSA) is 17.1 Å². The summed E-state index contributed by atoms with van der Waals surface area (Å²) in [7, 11) is 0. The minimum absolute atomic E-state index is 0.218. The van der Waals surface area contributed by atoms with E-state index in [0.717, 1.165) is 19.3 Å². The summed E-state index contributed by atoms with van der Waals surface area (Å²) >= 11 is 0. The minimum atomic E-state index is 0.218. The van der Waals surface area contributed by atoms with Gasteiger partial charge in [0.05, 0.1) is 0 Å². The van der Waals surface area contributed by atoms with Gasteiger partial charge in [0.1, 0.15) is 0 Å². The van der Waals surface area contributed by atoms with Crippen LogP contribution in [0, 0.1) is 6.42 Å². The average Bonchev–Trinajstić information content (AvgIpc) is 2.10. The van der Waals surface area contributed by atoms with Crippen LogP contribution in [0.15, 0.2) is 12.2 Å². The Morgan fingerprint density at radius 2 is 2.00 bits per heavy atom. The van der Waals surface area contributed by atoms with Crippen LogP contribution in [-0.2, 0) is 4.79 Å². The molecule has 0 spiro atoms. The van der Waals surface area contributed by atoms with E-state index in [4.69, 9.17) is 0 Å². The second-order valence-electron chi connectivity index (χ2n) is 3.53. The molecule has 13 heavy (non-hydrogen) atoms. The van der Waals surface area contributed by atoms with Gasteiger partial charge in [0.15, 0.2) is 5.78 Å². The molecule has 0 N–H and O–H groups in total. The summed E-state index contributed by atoms with van der Waals surface area (Å²) < 4.78 is 0. The van der Waals surface area contributed by atoms with E-state index in [2.05, 4.69) is 19.9 Å². The van der Waals surface area contributed by atoms with Crippen molar-refractivity contribution in [1.29, 1.82) is 0 Å². The van der Waals surface area contributed by atoms with Crippen LogP contribution < -0.4 is 0 Å². The van der Waals surface area contributed by atoms with Crippen molar-refractivity contribution in [2.24, 2.45) is 0 Å². The molecule has 0 saturated carbocycles. The Morgan fingerprint density at radius 3 is 2.54 bits per heavy atom. The van der Waals surface area contributed by atoms with Crippen molar-refractivity contribution in [1.82, 2.24) is 0 Å². The van der Waals surface area contributed by atoms with Crippen molar-refractivity contribution in [3.05, 3.63) is 18.6 Å². The Bertz CT molecular complexity index is 159. The van der Waals surface area contributed by atoms with Gasteiger partial charge in [-0.15, -0.1) is 0 Å². The van der Waals surface area contributed by atoms with Crippen molar-refractivity contribution in [3.63, 3.8) is 0 Å². The summed E-state index contributed by atoms with van der Waals surface area (Å²) in [6.07, 6.45) is 8.71. The number of Topliss-reactive ketones (excluding diaryl/α,β-unsaturated/α-hetero) is 1. The number of rotatable bonds is 8. The fraction of sp³-hybridized carbons (Fsp3) is 0.667. The molecule has 0 rings (SSSR count). The lowest BCUT2D eigenvalue weighted by Gasteiger charge is -1.99. The molecule has 0 aliphatic rings. The van der Waals surface area contributed by atoms with E-state index in [9.17, 15) is 4.79 Å². The monoisotopic (exact) mass is 181 g/mol. The van der Waals surface area contributed by atoms with Gasteiger partial charge < -0.3 is 0 Å². The van der Waals surface area contributed by atoms with Crippen LogP contribution in [0.2, 0.25) is 0 Å². The second-order valence-corrected chi connectivity index (χ2v) is 3.53. The highest BCUT2D eigenvalue weighted by molar-refractivity contribution is 5.93. The highest BCUT2D eigenvalue weighted by Crippen LogP contribution is 2.07. The number of hydrogen-bond donors (Lipinski definition) is 0. The molecule has 1 nitrogen and oxygen atoms in total. The maximum atomic E-state index is 11.1. The molecule has 0 heterocycles. The average molecular weight is 181 g/mol. The van der Waals surface area contributed by atoms with Gasteiger partial charge >= 0.3 is 0 Å². The first-order valence-corrected chi connectivity index (χ1v) is 5.18. The Labute approximate surface area is 82.2 Å². The van der Waals surface area contributed by atoms with E-state index in [0.29, 0.717) is 12.0 Å². The Kier molecular flexibility index (Phi) is 7.66. The molecule has 0 atom stereocenters. The third kappa shape index (κ3) is 7.76. The maximum Gasteiger partial charge on any atom is 0.157 e. The predicted octanol–water partition coefficient (Wildman–Crippen LogP) is 3.70. The van der Waals surface area contributed by atoms with Crippen LogP contribution in [0.25, 0.3) is 0 Å². The van der Waals surface area contributed by atoms with Crippen LogP contribution >= 0.6 is 0 Å². The van der Waals surface area contributed by atoms with Gasteiger partial charge in [-0.25, -0.2) is 0 Å². The van der Waals surface area contributed by atoms with Gasteiger partial charge in [-0.2, -0.15) is 0 Å². The summed E-state index contributed by atoms with van der Waals surface area (Å²) in [6, 6.07) is 0. The zero-order valence-corrected chi connectivity index (χ0v) is 8.94. The molecule has 1 radical (unpaired) electrons. The van der Waals surface area contributed by atoms with Crippen molar-refractivity contribution in [2.45, 2.75) is 52.4 Å². The van der Waals surface area contributed by atoms with Gasteiger partial charge in [0.25, 0.3) is 0 Å². The lowest BCUT2D eigenvalue weighted by Crippen LogP contribution is -1.97. The van der Waals surface area contributed by atoms with E-state index in [1.54, 1.807) is 6.92 Å². The van der Waals surface area contributed by atoms with Crippen molar-refractivity contribution < 1.29 is 4.79 Å². The molecule has 0 aromatic heterocycles. The van der Waals surface area contributed by atoms with Gasteiger partial charge in [0, 0.05) is 6.42 Å². The summed E-state index contributed by atoms with van der Waals surface area (Å²) in [4.78, 5) is 11.1. The standard InChI is InChI=1S/C12H21O/c1-4-5-6-7-8-9-10-12(13)11(2)3/h6H,2,4-5,7-10H2,1,3H3. The molecule has 0 amide bonds. The van der Waals surface area contributed by atoms with Gasteiger partial charge in [-0.05, 0) is 25.3 Å². The molecule has 0 bridgehead atoms. The van der Waals surface area contributed by atoms with Gasteiger partial charge in [0.2, 0.25) is 0 Å². The number of unbranched alkanes of at least 4 members (excludes halogenated alkanes) is 5. The predicted molar refractivity (Wildman–Crippen MR) is 57.5 cm³/mol. The molecule has 75 valence electrons. The van der Waals surface area contributed by atoms with Crippen LogP contribution in [0.3, 0.4) is 0 Å². The summed E-state index contributed by atoms with van der Waals surface area (Å²) in [5, 5.41) is 0. The molecule has 0 aliphatic heterocycles. The van der Waals surface area contributed by atoms with Gasteiger partial charge in [-0.1, -0.05) is 39.2 Å². The van der Waals surface area contributed by atoms with Crippen molar-refractivity contribution >= 4 is 5.78 Å². The largest absolute Gasteiger partial charge is 0.295 e. The smallest absolute Gasteiger partial charge is 0.157 e. The molecular weight excluding hydrogens is 160 g/mol. The zero-order valence-electron chi connectivity index (χ0n) is 8.94. The molecule has 0 saturated heterocycles. The van der Waals surface area contributed by atoms with E-state index >= 15 is 0 Å². The first kappa shape index (κ1) is 12.4. The minimum Gasteiger partial charge on any atom is -0.295 e. The van der Waals surface area contributed by atoms with Crippen LogP contribution in [-0.4, -0.2) is 5.78 Å².